The number of carbonyl (C=O) groups excluding carboxylic acids is 1. The summed E-state index contributed by atoms with van der Waals surface area (Å²) in [5.41, 5.74) is 0.707. The van der Waals surface area contributed by atoms with E-state index in [0.717, 1.165) is 0 Å². The summed E-state index contributed by atoms with van der Waals surface area (Å²) in [5.74, 6) is -0.305. The first-order chi connectivity index (χ1) is 9.95. The van der Waals surface area contributed by atoms with Gasteiger partial charge in [-0.15, -0.1) is 0 Å². The van der Waals surface area contributed by atoms with E-state index < -0.39 is 0 Å². The van der Waals surface area contributed by atoms with Crippen LogP contribution in [0.2, 0.25) is 15.1 Å². The molecule has 0 unspecified atom stereocenters. The molecule has 2 aromatic rings. The van der Waals surface area contributed by atoms with E-state index in [9.17, 15) is 9.18 Å². The van der Waals surface area contributed by atoms with E-state index in [-0.39, 0.29) is 40.4 Å². The number of Topliss-reactive ketones (excluding diaryl/α,β-unsaturated/α-hetero) is 1. The van der Waals surface area contributed by atoms with E-state index in [1.807, 2.05) is 0 Å². The van der Waals surface area contributed by atoms with Crippen LogP contribution in [0.5, 0.6) is 5.75 Å². The fourth-order valence-electron chi connectivity index (χ4n) is 1.70. The Balaban J connectivity index is 1.97. The lowest BCUT2D eigenvalue weighted by Crippen LogP contribution is -2.14. The van der Waals surface area contributed by atoms with Crippen molar-refractivity contribution in [3.05, 3.63) is 62.8 Å². The Hall–Kier alpha value is -1.29. The second kappa shape index (κ2) is 7.12. The number of ketones is 1. The highest BCUT2D eigenvalue weighted by molar-refractivity contribution is 6.40. The summed E-state index contributed by atoms with van der Waals surface area (Å²) in [6, 6.07) is 8.67. The Morgan fingerprint density at radius 3 is 2.19 bits per heavy atom. The van der Waals surface area contributed by atoms with Crippen LogP contribution in [-0.4, -0.2) is 12.4 Å². The average Bonchev–Trinajstić information content (AvgIpc) is 2.40. The van der Waals surface area contributed by atoms with Gasteiger partial charge in [-0.05, 0) is 29.8 Å². The Bertz CT molecular complexity index is 633. The van der Waals surface area contributed by atoms with Gasteiger partial charge in [0.2, 0.25) is 0 Å². The Morgan fingerprint density at radius 2 is 1.62 bits per heavy atom. The molecule has 2 aromatic carbocycles. The molecule has 0 amide bonds. The highest BCUT2D eigenvalue weighted by atomic mass is 35.5. The first-order valence-electron chi connectivity index (χ1n) is 5.99. The second-order valence-electron chi connectivity index (χ2n) is 4.33. The number of hydrogen-bond acceptors (Lipinski definition) is 2. The average molecular weight is 348 g/mol. The minimum atomic E-state index is -0.345. The predicted octanol–water partition coefficient (Wildman–Crippen LogP) is 4.98. The number of rotatable bonds is 5. The largest absolute Gasteiger partial charge is 0.483 e. The maximum atomic E-state index is 12.8. The molecule has 21 heavy (non-hydrogen) atoms. The molecule has 2 nitrogen and oxygen atoms in total. The molecular formula is C15H10Cl3FO2. The zero-order valence-corrected chi connectivity index (χ0v) is 13.0. The summed E-state index contributed by atoms with van der Waals surface area (Å²) >= 11 is 17.7. The second-order valence-corrected chi connectivity index (χ2v) is 5.58. The minimum Gasteiger partial charge on any atom is -0.483 e. The highest BCUT2D eigenvalue weighted by Crippen LogP contribution is 2.35. The molecule has 0 radical (unpaired) electrons. The molecule has 0 fully saturated rings. The third-order valence-corrected chi connectivity index (χ3v) is 3.43. The zero-order valence-electron chi connectivity index (χ0n) is 10.7. The van der Waals surface area contributed by atoms with Crippen LogP contribution in [0.4, 0.5) is 4.39 Å². The summed E-state index contributed by atoms with van der Waals surface area (Å²) in [6.07, 6.45) is 0.142. The first-order valence-corrected chi connectivity index (χ1v) is 7.12. The molecule has 0 bridgehead atoms. The number of halogens is 4. The summed E-state index contributed by atoms with van der Waals surface area (Å²) in [6.45, 7) is -0.182. The molecule has 0 aliphatic rings. The van der Waals surface area contributed by atoms with Crippen LogP contribution in [0, 0.1) is 5.82 Å². The summed E-state index contributed by atoms with van der Waals surface area (Å²) in [7, 11) is 0. The van der Waals surface area contributed by atoms with Crippen LogP contribution in [0.15, 0.2) is 36.4 Å². The molecule has 0 aromatic heterocycles. The van der Waals surface area contributed by atoms with Crippen LogP contribution in [0.1, 0.15) is 5.56 Å². The highest BCUT2D eigenvalue weighted by Gasteiger charge is 2.12. The SMILES string of the molecule is O=C(COc1c(Cl)cc(Cl)cc1Cl)Cc1ccc(F)cc1. The van der Waals surface area contributed by atoms with E-state index in [0.29, 0.717) is 10.6 Å². The summed E-state index contributed by atoms with van der Waals surface area (Å²) in [4.78, 5) is 11.8. The van der Waals surface area contributed by atoms with Gasteiger partial charge in [0.05, 0.1) is 10.0 Å². The van der Waals surface area contributed by atoms with Gasteiger partial charge in [0.15, 0.2) is 11.5 Å². The molecule has 0 heterocycles. The van der Waals surface area contributed by atoms with Crippen LogP contribution in [0.3, 0.4) is 0 Å². The van der Waals surface area contributed by atoms with Crippen molar-refractivity contribution in [1.29, 1.82) is 0 Å². The standard InChI is InChI=1S/C15H10Cl3FO2/c16-10-6-13(17)15(14(18)7-10)21-8-12(20)5-9-1-3-11(19)4-2-9/h1-4,6-7H,5,8H2. The lowest BCUT2D eigenvalue weighted by atomic mass is 10.1. The third-order valence-electron chi connectivity index (χ3n) is 2.66. The molecule has 0 aliphatic heterocycles. The normalized spacial score (nSPS) is 10.5. The van der Waals surface area contributed by atoms with Gasteiger partial charge >= 0.3 is 0 Å². The minimum absolute atomic E-state index is 0.142. The van der Waals surface area contributed by atoms with Gasteiger partial charge in [-0.25, -0.2) is 4.39 Å². The van der Waals surface area contributed by atoms with Gasteiger partial charge in [0, 0.05) is 11.4 Å². The summed E-state index contributed by atoms with van der Waals surface area (Å²) < 4.78 is 18.1. The number of ether oxygens (including phenoxy) is 1. The van der Waals surface area contributed by atoms with Gasteiger partial charge in [0.25, 0.3) is 0 Å². The van der Waals surface area contributed by atoms with Crippen LogP contribution in [0.25, 0.3) is 0 Å². The molecule has 0 atom stereocenters. The van der Waals surface area contributed by atoms with Crippen molar-refractivity contribution in [2.75, 3.05) is 6.61 Å². The molecule has 0 saturated carbocycles. The Labute approximate surface area is 136 Å². The molecule has 0 spiro atoms. The van der Waals surface area contributed by atoms with Gasteiger partial charge < -0.3 is 4.74 Å². The molecule has 0 N–H and O–H groups in total. The predicted molar refractivity (Wildman–Crippen MR) is 82.1 cm³/mol. The van der Waals surface area contributed by atoms with E-state index in [1.54, 1.807) is 12.1 Å². The van der Waals surface area contributed by atoms with Gasteiger partial charge in [-0.2, -0.15) is 0 Å². The molecule has 0 saturated heterocycles. The van der Waals surface area contributed by atoms with Crippen LogP contribution in [-0.2, 0) is 11.2 Å². The topological polar surface area (TPSA) is 26.3 Å². The smallest absolute Gasteiger partial charge is 0.174 e. The van der Waals surface area contributed by atoms with Crippen molar-refractivity contribution in [1.82, 2.24) is 0 Å². The fraction of sp³-hybridized carbons (Fsp3) is 0.133. The van der Waals surface area contributed by atoms with Gasteiger partial charge in [0.1, 0.15) is 12.4 Å². The van der Waals surface area contributed by atoms with E-state index in [4.69, 9.17) is 39.5 Å². The van der Waals surface area contributed by atoms with Crippen LogP contribution < -0.4 is 4.74 Å². The Morgan fingerprint density at radius 1 is 1.05 bits per heavy atom. The zero-order chi connectivity index (χ0) is 15.4. The molecule has 6 heteroatoms. The number of carbonyl (C=O) groups is 1. The molecule has 0 aliphatic carbocycles. The van der Waals surface area contributed by atoms with Crippen molar-refractivity contribution in [3.63, 3.8) is 0 Å². The molecule has 2 rings (SSSR count). The molecule has 110 valence electrons. The van der Waals surface area contributed by atoms with Gasteiger partial charge in [-0.1, -0.05) is 46.9 Å². The van der Waals surface area contributed by atoms with Crippen molar-refractivity contribution in [3.8, 4) is 5.75 Å². The monoisotopic (exact) mass is 346 g/mol. The number of hydrogen-bond donors (Lipinski definition) is 0. The lowest BCUT2D eigenvalue weighted by molar-refractivity contribution is -0.120. The fourth-order valence-corrected chi connectivity index (χ4v) is 2.63. The first kappa shape index (κ1) is 16.1. The maximum absolute atomic E-state index is 12.8. The third kappa shape index (κ3) is 4.60. The van der Waals surface area contributed by atoms with Crippen molar-refractivity contribution < 1.29 is 13.9 Å². The quantitative estimate of drug-likeness (QED) is 0.763. The maximum Gasteiger partial charge on any atom is 0.174 e. The van der Waals surface area contributed by atoms with E-state index in [2.05, 4.69) is 0 Å². The van der Waals surface area contributed by atoms with Crippen molar-refractivity contribution in [2.45, 2.75) is 6.42 Å². The van der Waals surface area contributed by atoms with Crippen molar-refractivity contribution in [2.24, 2.45) is 0 Å². The van der Waals surface area contributed by atoms with E-state index >= 15 is 0 Å². The van der Waals surface area contributed by atoms with E-state index in [1.165, 1.54) is 24.3 Å². The summed E-state index contributed by atoms with van der Waals surface area (Å²) in [5, 5.41) is 0.860. The van der Waals surface area contributed by atoms with Crippen molar-refractivity contribution >= 4 is 40.6 Å². The number of benzene rings is 2. The molecular weight excluding hydrogens is 338 g/mol. The van der Waals surface area contributed by atoms with Crippen LogP contribution >= 0.6 is 34.8 Å². The Kier molecular flexibility index (Phi) is 5.45. The van der Waals surface area contributed by atoms with Gasteiger partial charge in [-0.3, -0.25) is 4.79 Å². The lowest BCUT2D eigenvalue weighted by Gasteiger charge is -2.09.